The number of hydrogen-bond acceptors (Lipinski definition) is 6. The predicted molar refractivity (Wildman–Crippen MR) is 83.9 cm³/mol. The molecule has 0 saturated heterocycles. The molecular weight excluding hydrogens is 308 g/mol. The van der Waals surface area contributed by atoms with E-state index in [4.69, 9.17) is 0 Å². The fourth-order valence-electron chi connectivity index (χ4n) is 1.72. The summed E-state index contributed by atoms with van der Waals surface area (Å²) in [4.78, 5) is 8.50. The van der Waals surface area contributed by atoms with Crippen LogP contribution < -0.4 is 10.0 Å². The Kier molecular flexibility index (Phi) is 5.27. The van der Waals surface area contributed by atoms with Crippen molar-refractivity contribution in [3.8, 4) is 0 Å². The molecule has 0 amide bonds. The lowest BCUT2D eigenvalue weighted by atomic mass is 10.4. The molecular formula is C13H18N4O2S2. The molecule has 0 unspecified atom stereocenters. The fourth-order valence-corrected chi connectivity index (χ4v) is 3.46. The molecule has 0 radical (unpaired) electrons. The second-order valence-electron chi connectivity index (χ2n) is 4.46. The first-order chi connectivity index (χ1) is 10.0. The van der Waals surface area contributed by atoms with Gasteiger partial charge in [0.25, 0.3) is 0 Å². The number of anilines is 1. The van der Waals surface area contributed by atoms with Crippen LogP contribution in [-0.2, 0) is 16.6 Å². The third-order valence-electron chi connectivity index (χ3n) is 2.71. The number of hydrogen-bond donors (Lipinski definition) is 2. The van der Waals surface area contributed by atoms with E-state index in [1.54, 1.807) is 18.3 Å². The van der Waals surface area contributed by atoms with Gasteiger partial charge in [-0.15, -0.1) is 11.3 Å². The van der Waals surface area contributed by atoms with Crippen LogP contribution in [0.3, 0.4) is 0 Å². The molecule has 0 saturated carbocycles. The number of aryl methyl sites for hydroxylation is 1. The van der Waals surface area contributed by atoms with E-state index in [1.807, 2.05) is 19.2 Å². The minimum Gasteiger partial charge on any atom is -0.369 e. The van der Waals surface area contributed by atoms with Gasteiger partial charge in [-0.05, 0) is 25.5 Å². The largest absolute Gasteiger partial charge is 0.369 e. The lowest BCUT2D eigenvalue weighted by molar-refractivity contribution is 0.580. The van der Waals surface area contributed by atoms with Gasteiger partial charge in [-0.25, -0.2) is 23.1 Å². The molecule has 2 heterocycles. The van der Waals surface area contributed by atoms with E-state index < -0.39 is 10.0 Å². The fraction of sp³-hybridized carbons (Fsp3) is 0.385. The molecule has 0 fully saturated rings. The average Bonchev–Trinajstić information content (AvgIpc) is 2.89. The summed E-state index contributed by atoms with van der Waals surface area (Å²) in [6.45, 7) is 4.74. The Hall–Kier alpha value is -1.51. The van der Waals surface area contributed by atoms with Gasteiger partial charge in [0, 0.05) is 18.1 Å². The van der Waals surface area contributed by atoms with Gasteiger partial charge in [-0.2, -0.15) is 0 Å². The first-order valence-electron chi connectivity index (χ1n) is 6.62. The Morgan fingerprint density at radius 1 is 1.38 bits per heavy atom. The molecule has 0 bridgehead atoms. The normalized spacial score (nSPS) is 11.5. The van der Waals surface area contributed by atoms with Gasteiger partial charge in [-0.1, -0.05) is 6.92 Å². The molecule has 2 aromatic heterocycles. The van der Waals surface area contributed by atoms with Crippen LogP contribution in [0.5, 0.6) is 0 Å². The van der Waals surface area contributed by atoms with Gasteiger partial charge in [0.1, 0.15) is 10.7 Å². The van der Waals surface area contributed by atoms with Crippen LogP contribution >= 0.6 is 11.3 Å². The summed E-state index contributed by atoms with van der Waals surface area (Å²) in [6.07, 6.45) is 2.46. The van der Waals surface area contributed by atoms with Gasteiger partial charge < -0.3 is 5.32 Å². The van der Waals surface area contributed by atoms with Crippen LogP contribution in [0.25, 0.3) is 0 Å². The summed E-state index contributed by atoms with van der Waals surface area (Å²) in [5.41, 5.74) is 0.716. The predicted octanol–water partition coefficient (Wildman–Crippen LogP) is 2.15. The van der Waals surface area contributed by atoms with Crippen molar-refractivity contribution in [2.45, 2.75) is 31.7 Å². The highest BCUT2D eigenvalue weighted by Gasteiger charge is 2.19. The van der Waals surface area contributed by atoms with Crippen molar-refractivity contribution in [2.75, 3.05) is 11.9 Å². The zero-order chi connectivity index (χ0) is 15.3. The second kappa shape index (κ2) is 6.97. The summed E-state index contributed by atoms with van der Waals surface area (Å²) >= 11 is 1.49. The molecule has 0 aliphatic rings. The molecule has 0 aliphatic heterocycles. The van der Waals surface area contributed by atoms with Crippen molar-refractivity contribution in [3.05, 3.63) is 34.4 Å². The molecule has 2 aromatic rings. The Bertz CT molecular complexity index is 698. The first kappa shape index (κ1) is 15.9. The Labute approximate surface area is 128 Å². The Morgan fingerprint density at radius 3 is 2.86 bits per heavy atom. The molecule has 21 heavy (non-hydrogen) atoms. The van der Waals surface area contributed by atoms with Crippen molar-refractivity contribution in [2.24, 2.45) is 0 Å². The van der Waals surface area contributed by atoms with Gasteiger partial charge in [0.2, 0.25) is 10.0 Å². The number of sulfonamides is 1. The standard InChI is InChI=1S/C13H18N4O2S2/c1-3-6-14-13-12(5-4-7-15-13)21(18,19)16-8-11-9-20-10(2)17-11/h4-5,7,9,16H,3,6,8H2,1-2H3,(H,14,15). The van der Waals surface area contributed by atoms with Gasteiger partial charge in [0.15, 0.2) is 0 Å². The van der Waals surface area contributed by atoms with Gasteiger partial charge >= 0.3 is 0 Å². The average molecular weight is 326 g/mol. The van der Waals surface area contributed by atoms with Crippen molar-refractivity contribution in [1.29, 1.82) is 0 Å². The topological polar surface area (TPSA) is 84.0 Å². The lowest BCUT2D eigenvalue weighted by Gasteiger charge is -2.11. The van der Waals surface area contributed by atoms with E-state index in [9.17, 15) is 8.42 Å². The molecule has 114 valence electrons. The van der Waals surface area contributed by atoms with Crippen LogP contribution in [0.15, 0.2) is 28.6 Å². The molecule has 8 heteroatoms. The summed E-state index contributed by atoms with van der Waals surface area (Å²) in [7, 11) is -3.62. The zero-order valence-corrected chi connectivity index (χ0v) is 13.6. The minimum atomic E-state index is -3.62. The lowest BCUT2D eigenvalue weighted by Crippen LogP contribution is -2.25. The molecule has 0 atom stereocenters. The zero-order valence-electron chi connectivity index (χ0n) is 12.0. The highest BCUT2D eigenvalue weighted by molar-refractivity contribution is 7.89. The van der Waals surface area contributed by atoms with Gasteiger partial charge in [-0.3, -0.25) is 0 Å². The highest BCUT2D eigenvalue weighted by Crippen LogP contribution is 2.18. The third kappa shape index (κ3) is 4.23. The Morgan fingerprint density at radius 2 is 2.19 bits per heavy atom. The van der Waals surface area contributed by atoms with Crippen molar-refractivity contribution in [1.82, 2.24) is 14.7 Å². The number of rotatable bonds is 7. The Balaban J connectivity index is 2.15. The minimum absolute atomic E-state index is 0.158. The van der Waals surface area contributed by atoms with E-state index in [1.165, 1.54) is 11.3 Å². The molecule has 0 aromatic carbocycles. The van der Waals surface area contributed by atoms with Crippen molar-refractivity contribution >= 4 is 27.2 Å². The number of nitrogens with zero attached hydrogens (tertiary/aromatic N) is 2. The third-order valence-corrected chi connectivity index (χ3v) is 4.97. The summed E-state index contributed by atoms with van der Waals surface area (Å²) in [6, 6.07) is 3.15. The second-order valence-corrected chi connectivity index (χ2v) is 7.26. The maximum absolute atomic E-state index is 12.4. The van der Waals surface area contributed by atoms with Crippen molar-refractivity contribution < 1.29 is 8.42 Å². The maximum atomic E-state index is 12.4. The van der Waals surface area contributed by atoms with Crippen LogP contribution in [0.4, 0.5) is 5.82 Å². The van der Waals surface area contributed by atoms with E-state index >= 15 is 0 Å². The van der Waals surface area contributed by atoms with Crippen molar-refractivity contribution in [3.63, 3.8) is 0 Å². The molecule has 0 aliphatic carbocycles. The van der Waals surface area contributed by atoms with E-state index in [0.717, 1.165) is 11.4 Å². The monoisotopic (exact) mass is 326 g/mol. The number of nitrogens with one attached hydrogen (secondary N) is 2. The molecule has 2 rings (SSSR count). The molecule has 2 N–H and O–H groups in total. The van der Waals surface area contributed by atoms with E-state index in [0.29, 0.717) is 18.1 Å². The maximum Gasteiger partial charge on any atom is 0.244 e. The summed E-state index contributed by atoms with van der Waals surface area (Å²) < 4.78 is 27.3. The summed E-state index contributed by atoms with van der Waals surface area (Å²) in [5, 5.41) is 5.78. The first-order valence-corrected chi connectivity index (χ1v) is 8.99. The molecule has 0 spiro atoms. The van der Waals surface area contributed by atoms with Crippen LogP contribution in [-0.4, -0.2) is 24.9 Å². The molecule has 6 nitrogen and oxygen atoms in total. The van der Waals surface area contributed by atoms with Crippen LogP contribution in [0, 0.1) is 6.92 Å². The van der Waals surface area contributed by atoms with Crippen LogP contribution in [0.1, 0.15) is 24.0 Å². The van der Waals surface area contributed by atoms with E-state index in [2.05, 4.69) is 20.0 Å². The van der Waals surface area contributed by atoms with E-state index in [-0.39, 0.29) is 11.4 Å². The number of aromatic nitrogens is 2. The van der Waals surface area contributed by atoms with Crippen LogP contribution in [0.2, 0.25) is 0 Å². The number of thiazole rings is 1. The smallest absolute Gasteiger partial charge is 0.244 e. The quantitative estimate of drug-likeness (QED) is 0.814. The number of pyridine rings is 1. The highest BCUT2D eigenvalue weighted by atomic mass is 32.2. The summed E-state index contributed by atoms with van der Waals surface area (Å²) in [5.74, 6) is 0.376. The SMILES string of the molecule is CCCNc1ncccc1S(=O)(=O)NCc1csc(C)n1. The van der Waals surface area contributed by atoms with Gasteiger partial charge in [0.05, 0.1) is 17.2 Å².